The summed E-state index contributed by atoms with van der Waals surface area (Å²) in [6, 6.07) is 0. The van der Waals surface area contributed by atoms with Gasteiger partial charge in [0.2, 0.25) is 6.43 Å². The summed E-state index contributed by atoms with van der Waals surface area (Å²) in [6.07, 6.45) is -0.792. The molecule has 0 aliphatic heterocycles. The average Bonchev–Trinajstić information content (AvgIpc) is 1.35. The number of alkyl halides is 2. The molecule has 0 aromatic carbocycles. The van der Waals surface area contributed by atoms with E-state index < -0.39 is 6.43 Å². The molecule has 0 N–H and O–H groups in total. The Kier molecular flexibility index (Phi) is 12.1. The molecule has 0 aliphatic rings. The largest absolute Gasteiger partial charge is 1.00 e. The molecule has 3 heteroatoms. The van der Waals surface area contributed by atoms with Gasteiger partial charge in [-0.2, -0.15) is 6.92 Å². The molecule has 0 saturated carbocycles. The predicted molar refractivity (Wildman–Crippen MR) is 20.6 cm³/mol. The van der Waals surface area contributed by atoms with Gasteiger partial charge in [0.1, 0.15) is 0 Å². The fraction of sp³-hybridized carbons (Fsp3) is 0.750. The first-order chi connectivity index (χ1) is 2.77. The molecule has 0 saturated heterocycles. The zero-order chi connectivity index (χ0) is 4.99. The van der Waals surface area contributed by atoms with E-state index >= 15 is 0 Å². The van der Waals surface area contributed by atoms with Crippen molar-refractivity contribution in [1.29, 1.82) is 0 Å². The van der Waals surface area contributed by atoms with Crippen molar-refractivity contribution in [3.63, 3.8) is 0 Å². The molecular weight excluding hydrogens is 125 g/mol. The molecule has 0 heterocycles. The Morgan fingerprint density at radius 3 is 2.00 bits per heavy atom. The van der Waals surface area contributed by atoms with Crippen LogP contribution in [0.2, 0.25) is 0 Å². The molecular formula is C4H7F2K. The van der Waals surface area contributed by atoms with Crippen molar-refractivity contribution in [1.82, 2.24) is 0 Å². The van der Waals surface area contributed by atoms with Crippen LogP contribution in [-0.4, -0.2) is 6.43 Å². The third kappa shape index (κ3) is 11.2. The summed E-state index contributed by atoms with van der Waals surface area (Å²) in [6.45, 7) is 1.62. The van der Waals surface area contributed by atoms with Gasteiger partial charge in [0.15, 0.2) is 0 Å². The van der Waals surface area contributed by atoms with Crippen LogP contribution >= 0.6 is 0 Å². The fourth-order valence-electron chi connectivity index (χ4n) is 0.178. The molecule has 0 aliphatic carbocycles. The monoisotopic (exact) mass is 132 g/mol. The molecule has 0 nitrogen and oxygen atoms in total. The smallest absolute Gasteiger partial charge is 0.326 e. The van der Waals surface area contributed by atoms with Crippen molar-refractivity contribution in [3.8, 4) is 0 Å². The molecule has 0 amide bonds. The van der Waals surface area contributed by atoms with E-state index in [1.165, 1.54) is 6.42 Å². The Balaban J connectivity index is 0. The van der Waals surface area contributed by atoms with Gasteiger partial charge in [-0.15, -0.1) is 6.42 Å². The zero-order valence-corrected chi connectivity index (χ0v) is 7.74. The third-order valence-corrected chi connectivity index (χ3v) is 0.414. The predicted octanol–water partition coefficient (Wildman–Crippen LogP) is -1.13. The first-order valence-electron chi connectivity index (χ1n) is 1.83. The second-order valence-corrected chi connectivity index (χ2v) is 1.04. The van der Waals surface area contributed by atoms with Gasteiger partial charge < -0.3 is 6.42 Å². The van der Waals surface area contributed by atoms with Crippen LogP contribution in [0.1, 0.15) is 13.3 Å². The van der Waals surface area contributed by atoms with Gasteiger partial charge in [-0.1, -0.05) is 0 Å². The molecule has 0 aromatic rings. The van der Waals surface area contributed by atoms with E-state index in [4.69, 9.17) is 0 Å². The second-order valence-electron chi connectivity index (χ2n) is 1.04. The number of hydrogen-bond acceptors (Lipinski definition) is 0. The molecule has 0 aromatic heterocycles. The Bertz CT molecular complexity index is 30.9. The summed E-state index contributed by atoms with van der Waals surface area (Å²) in [5, 5.41) is 0. The quantitative estimate of drug-likeness (QED) is 0.329. The summed E-state index contributed by atoms with van der Waals surface area (Å²) >= 11 is 0. The third-order valence-electron chi connectivity index (χ3n) is 0.414. The van der Waals surface area contributed by atoms with E-state index in [0.717, 1.165) is 0 Å². The molecule has 0 spiro atoms. The van der Waals surface area contributed by atoms with E-state index in [0.29, 0.717) is 0 Å². The van der Waals surface area contributed by atoms with E-state index in [9.17, 15) is 8.78 Å². The maximum Gasteiger partial charge on any atom is 1.00 e. The van der Waals surface area contributed by atoms with Crippen molar-refractivity contribution >= 4 is 0 Å². The topological polar surface area (TPSA) is 0 Å². The maximum absolute atomic E-state index is 11.0. The minimum Gasteiger partial charge on any atom is -0.326 e. The molecule has 0 bridgehead atoms. The van der Waals surface area contributed by atoms with Gasteiger partial charge in [-0.25, -0.2) is 8.78 Å². The summed E-state index contributed by atoms with van der Waals surface area (Å²) in [5.74, 6) is 0. The Morgan fingerprint density at radius 2 is 2.00 bits per heavy atom. The van der Waals surface area contributed by atoms with Crippen molar-refractivity contribution < 1.29 is 60.2 Å². The van der Waals surface area contributed by atoms with Gasteiger partial charge in [-0.3, -0.25) is 0 Å². The van der Waals surface area contributed by atoms with Crippen LogP contribution in [0.4, 0.5) is 8.78 Å². The molecule has 0 radical (unpaired) electrons. The van der Waals surface area contributed by atoms with Crippen LogP contribution in [0, 0.1) is 6.42 Å². The Hall–Kier alpha value is 1.50. The van der Waals surface area contributed by atoms with E-state index in [1.807, 2.05) is 0 Å². The van der Waals surface area contributed by atoms with E-state index in [-0.39, 0.29) is 57.8 Å². The van der Waals surface area contributed by atoms with E-state index in [1.54, 1.807) is 6.92 Å². The zero-order valence-electron chi connectivity index (χ0n) is 4.62. The van der Waals surface area contributed by atoms with E-state index in [2.05, 4.69) is 0 Å². The normalized spacial score (nSPS) is 8.57. The van der Waals surface area contributed by atoms with Gasteiger partial charge in [0.05, 0.1) is 0 Å². The Labute approximate surface area is 85.1 Å². The van der Waals surface area contributed by atoms with Crippen LogP contribution in [0.25, 0.3) is 0 Å². The van der Waals surface area contributed by atoms with Crippen LogP contribution in [0.5, 0.6) is 0 Å². The fourth-order valence-corrected chi connectivity index (χ4v) is 0.178. The minimum atomic E-state index is -2.16. The van der Waals surface area contributed by atoms with Crippen molar-refractivity contribution in [2.24, 2.45) is 0 Å². The van der Waals surface area contributed by atoms with Crippen molar-refractivity contribution in [3.05, 3.63) is 6.42 Å². The molecule has 0 fully saturated rings. The molecule has 38 valence electrons. The van der Waals surface area contributed by atoms with Crippen molar-refractivity contribution in [2.45, 2.75) is 19.8 Å². The summed E-state index contributed by atoms with van der Waals surface area (Å²) in [5.41, 5.74) is 0. The standard InChI is InChI=1S/C4H7F2.K/c1-2-3-4(5)6;/h2,4H,3H2,1H3;/q-1;+1. The minimum absolute atomic E-state index is 0. The first-order valence-corrected chi connectivity index (χ1v) is 1.83. The van der Waals surface area contributed by atoms with Crippen LogP contribution in [0.3, 0.4) is 0 Å². The molecule has 7 heavy (non-hydrogen) atoms. The van der Waals surface area contributed by atoms with Gasteiger partial charge in [0.25, 0.3) is 0 Å². The molecule has 0 unspecified atom stereocenters. The van der Waals surface area contributed by atoms with Crippen LogP contribution in [0.15, 0.2) is 0 Å². The molecule has 0 atom stereocenters. The summed E-state index contributed by atoms with van der Waals surface area (Å²) in [7, 11) is 0. The summed E-state index contributed by atoms with van der Waals surface area (Å²) in [4.78, 5) is 0. The number of hydrogen-bond donors (Lipinski definition) is 0. The van der Waals surface area contributed by atoms with Gasteiger partial charge in [0, 0.05) is 0 Å². The molecule has 0 rings (SSSR count). The number of rotatable bonds is 2. The SMILES string of the molecule is C[CH-]CC(F)F.[K+]. The first kappa shape index (κ1) is 11.3. The van der Waals surface area contributed by atoms with Crippen molar-refractivity contribution in [2.75, 3.05) is 0 Å². The summed E-state index contributed by atoms with van der Waals surface area (Å²) < 4.78 is 22.0. The van der Waals surface area contributed by atoms with Gasteiger partial charge >= 0.3 is 51.4 Å². The Morgan fingerprint density at radius 1 is 1.57 bits per heavy atom. The van der Waals surface area contributed by atoms with Gasteiger partial charge in [-0.05, 0) is 0 Å². The number of halogens is 2. The average molecular weight is 132 g/mol. The second kappa shape index (κ2) is 7.50. The van der Waals surface area contributed by atoms with Crippen LogP contribution < -0.4 is 51.4 Å². The maximum atomic E-state index is 11.0. The van der Waals surface area contributed by atoms with Crippen LogP contribution in [-0.2, 0) is 0 Å².